The molecular formula is C17H24N6O6. The number of nitrogens with one attached hydrogen (secondary N) is 3. The molecule has 0 bridgehead atoms. The van der Waals surface area contributed by atoms with Crippen LogP contribution in [0.2, 0.25) is 0 Å². The van der Waals surface area contributed by atoms with Crippen LogP contribution in [0.5, 0.6) is 0 Å². The number of rotatable bonds is 4. The summed E-state index contributed by atoms with van der Waals surface area (Å²) >= 11 is 0. The van der Waals surface area contributed by atoms with Crippen molar-refractivity contribution in [3.05, 3.63) is 23.7 Å². The number of fused-ring (bicyclic) bond motifs is 1. The quantitative estimate of drug-likeness (QED) is 0.193. The maximum atomic E-state index is 12.4. The molecule has 3 unspecified atom stereocenters. The number of urea groups is 1. The van der Waals surface area contributed by atoms with Crippen LogP contribution in [0.1, 0.15) is 19.8 Å². The van der Waals surface area contributed by atoms with E-state index in [9.17, 15) is 30.0 Å². The van der Waals surface area contributed by atoms with E-state index in [4.69, 9.17) is 5.26 Å². The van der Waals surface area contributed by atoms with E-state index < -0.39 is 35.8 Å². The molecule has 12 nitrogen and oxygen atoms in total. The SMILES string of the molecule is CCC1CCN(C(=O)C(O)(O)C#N)C(O)(O)C1N(C)C1=C2C=CNC2NC(=O)N1. The lowest BCUT2D eigenvalue weighted by Crippen LogP contribution is -2.72. The van der Waals surface area contributed by atoms with Crippen LogP contribution in [-0.4, -0.2) is 79.7 Å². The van der Waals surface area contributed by atoms with Gasteiger partial charge in [0, 0.05) is 19.2 Å². The van der Waals surface area contributed by atoms with Gasteiger partial charge in [-0.25, -0.2) is 4.79 Å². The Morgan fingerprint density at radius 3 is 2.79 bits per heavy atom. The largest absolute Gasteiger partial charge is 0.367 e. The lowest BCUT2D eigenvalue weighted by Gasteiger charge is -2.52. The van der Waals surface area contributed by atoms with Crippen molar-refractivity contribution in [3.8, 4) is 6.07 Å². The Kier molecular flexibility index (Phi) is 5.18. The zero-order valence-corrected chi connectivity index (χ0v) is 16.0. The highest BCUT2D eigenvalue weighted by molar-refractivity contribution is 5.86. The molecule has 3 atom stereocenters. The minimum Gasteiger partial charge on any atom is -0.367 e. The van der Waals surface area contributed by atoms with Crippen LogP contribution >= 0.6 is 0 Å². The average Bonchev–Trinajstić information content (AvgIpc) is 3.13. The zero-order valence-electron chi connectivity index (χ0n) is 16.0. The van der Waals surface area contributed by atoms with Gasteiger partial charge in [0.15, 0.2) is 0 Å². The summed E-state index contributed by atoms with van der Waals surface area (Å²) in [5.41, 5.74) is 0.650. The van der Waals surface area contributed by atoms with Crippen LogP contribution in [0, 0.1) is 17.2 Å². The molecule has 7 N–H and O–H groups in total. The minimum atomic E-state index is -3.40. The number of piperidine rings is 1. The molecule has 3 aliphatic heterocycles. The molecule has 0 saturated carbocycles. The highest BCUT2D eigenvalue weighted by atomic mass is 16.5. The summed E-state index contributed by atoms with van der Waals surface area (Å²) in [6.45, 7) is 1.65. The predicted molar refractivity (Wildman–Crippen MR) is 96.4 cm³/mol. The molecule has 29 heavy (non-hydrogen) atoms. The summed E-state index contributed by atoms with van der Waals surface area (Å²) in [4.78, 5) is 26.3. The van der Waals surface area contributed by atoms with E-state index in [-0.39, 0.29) is 12.5 Å². The third-order valence-corrected chi connectivity index (χ3v) is 5.58. The van der Waals surface area contributed by atoms with Gasteiger partial charge in [0.2, 0.25) is 0 Å². The molecule has 3 rings (SSSR count). The second-order valence-electron chi connectivity index (χ2n) is 7.28. The Hall–Kier alpha value is -2.85. The van der Waals surface area contributed by atoms with Crippen molar-refractivity contribution in [2.45, 2.75) is 43.7 Å². The summed E-state index contributed by atoms with van der Waals surface area (Å²) in [5, 5.41) is 58.2. The monoisotopic (exact) mass is 408 g/mol. The average molecular weight is 408 g/mol. The number of hydrogen-bond donors (Lipinski definition) is 7. The molecule has 0 spiro atoms. The van der Waals surface area contributed by atoms with Gasteiger partial charge in [-0.3, -0.25) is 15.0 Å². The Labute approximate surface area is 166 Å². The first kappa shape index (κ1) is 20.9. The molecule has 3 amide bonds. The zero-order chi connectivity index (χ0) is 21.6. The van der Waals surface area contributed by atoms with Crippen molar-refractivity contribution in [1.29, 1.82) is 5.26 Å². The van der Waals surface area contributed by atoms with E-state index in [0.717, 1.165) is 6.07 Å². The number of carbonyl (C=O) groups excluding carboxylic acids is 2. The third-order valence-electron chi connectivity index (χ3n) is 5.58. The lowest BCUT2D eigenvalue weighted by atomic mass is 9.84. The van der Waals surface area contributed by atoms with Gasteiger partial charge in [-0.1, -0.05) is 13.3 Å². The van der Waals surface area contributed by atoms with Gasteiger partial charge in [-0.15, -0.1) is 0 Å². The van der Waals surface area contributed by atoms with Gasteiger partial charge in [-0.05, 0) is 24.6 Å². The Bertz CT molecular complexity index is 816. The van der Waals surface area contributed by atoms with Gasteiger partial charge in [0.05, 0.1) is 0 Å². The highest BCUT2D eigenvalue weighted by Crippen LogP contribution is 2.37. The van der Waals surface area contributed by atoms with Crippen molar-refractivity contribution in [2.24, 2.45) is 5.92 Å². The summed E-state index contributed by atoms with van der Waals surface area (Å²) in [7, 11) is 1.54. The van der Waals surface area contributed by atoms with E-state index in [1.165, 1.54) is 11.9 Å². The van der Waals surface area contributed by atoms with Gasteiger partial charge >= 0.3 is 17.7 Å². The van der Waals surface area contributed by atoms with E-state index in [2.05, 4.69) is 16.0 Å². The first-order valence-corrected chi connectivity index (χ1v) is 9.14. The number of nitrogens with zero attached hydrogens (tertiary/aromatic N) is 3. The molecule has 3 aliphatic rings. The number of hydrogen-bond acceptors (Lipinski definition) is 9. The molecule has 158 valence electrons. The van der Waals surface area contributed by atoms with Crippen molar-refractivity contribution in [1.82, 2.24) is 25.8 Å². The topological polar surface area (TPSA) is 181 Å². The Morgan fingerprint density at radius 2 is 2.17 bits per heavy atom. The standard InChI is InChI=1S/C17H24N6O6/c1-3-9-5-7-23(14(24)16(26,27)8-18)17(28,29)11(9)22(2)13-10-4-6-19-12(10)20-15(25)21-13/h4,6,9,11-12,19,26-29H,3,5,7H2,1-2H3,(H2,20,21,25). The Balaban J connectivity index is 2.01. The normalized spacial score (nSPS) is 28.1. The summed E-state index contributed by atoms with van der Waals surface area (Å²) in [6.07, 6.45) is 3.70. The number of likely N-dealkylation sites (tertiary alicyclic amines) is 1. The second-order valence-corrected chi connectivity index (χ2v) is 7.28. The summed E-state index contributed by atoms with van der Waals surface area (Å²) in [6, 6.07) is -0.589. The maximum absolute atomic E-state index is 12.4. The van der Waals surface area contributed by atoms with Crippen LogP contribution in [0.3, 0.4) is 0 Å². The van der Waals surface area contributed by atoms with Crippen LogP contribution in [0.15, 0.2) is 23.7 Å². The van der Waals surface area contributed by atoms with Crippen molar-refractivity contribution >= 4 is 11.9 Å². The molecule has 0 aromatic rings. The molecule has 0 aromatic heterocycles. The lowest BCUT2D eigenvalue weighted by molar-refractivity contribution is -0.314. The van der Waals surface area contributed by atoms with Gasteiger partial charge in [0.1, 0.15) is 24.1 Å². The van der Waals surface area contributed by atoms with Crippen LogP contribution in [0.4, 0.5) is 4.79 Å². The Morgan fingerprint density at radius 1 is 1.48 bits per heavy atom. The summed E-state index contributed by atoms with van der Waals surface area (Å²) < 4.78 is 0. The van der Waals surface area contributed by atoms with Gasteiger partial charge in [-0.2, -0.15) is 5.26 Å². The molecule has 1 saturated heterocycles. The van der Waals surface area contributed by atoms with Crippen LogP contribution in [-0.2, 0) is 4.79 Å². The fourth-order valence-electron chi connectivity index (χ4n) is 4.12. The van der Waals surface area contributed by atoms with Crippen molar-refractivity contribution in [2.75, 3.05) is 13.6 Å². The summed E-state index contributed by atoms with van der Waals surface area (Å²) in [5.74, 6) is -7.78. The third kappa shape index (κ3) is 3.38. The minimum absolute atomic E-state index is 0.191. The molecule has 12 heteroatoms. The molecule has 3 heterocycles. The van der Waals surface area contributed by atoms with Crippen molar-refractivity contribution < 1.29 is 30.0 Å². The first-order valence-electron chi connectivity index (χ1n) is 9.14. The van der Waals surface area contributed by atoms with Crippen LogP contribution < -0.4 is 16.0 Å². The fourth-order valence-corrected chi connectivity index (χ4v) is 4.12. The fraction of sp³-hybridized carbons (Fsp3) is 0.588. The number of nitriles is 1. The number of likely N-dealkylation sites (N-methyl/N-ethyl adjacent to an activating group) is 1. The van der Waals surface area contributed by atoms with Gasteiger partial charge < -0.3 is 36.0 Å². The van der Waals surface area contributed by atoms with Crippen molar-refractivity contribution in [3.63, 3.8) is 0 Å². The van der Waals surface area contributed by atoms with E-state index in [1.54, 1.807) is 12.3 Å². The molecule has 0 radical (unpaired) electrons. The van der Waals surface area contributed by atoms with E-state index in [1.807, 2.05) is 6.92 Å². The number of amides is 3. The number of aliphatic hydroxyl groups is 4. The molecule has 0 aromatic carbocycles. The smallest absolute Gasteiger partial charge is 0.336 e. The highest BCUT2D eigenvalue weighted by Gasteiger charge is 2.56. The molecule has 1 fully saturated rings. The second kappa shape index (κ2) is 7.20. The molecular weight excluding hydrogens is 384 g/mol. The maximum Gasteiger partial charge on any atom is 0.336 e. The molecule has 0 aliphatic carbocycles. The first-order chi connectivity index (χ1) is 13.5. The predicted octanol–water partition coefficient (Wildman–Crippen LogP) is -2.64. The van der Waals surface area contributed by atoms with E-state index in [0.29, 0.717) is 29.1 Å². The van der Waals surface area contributed by atoms with Gasteiger partial charge in [0.25, 0.3) is 5.91 Å². The van der Waals surface area contributed by atoms with E-state index >= 15 is 0 Å². The van der Waals surface area contributed by atoms with Crippen LogP contribution in [0.25, 0.3) is 0 Å². The number of carbonyl (C=O) groups is 2.